The molecule has 1 fully saturated rings. The number of aliphatic hydroxyl groups is 7. The Labute approximate surface area is 524 Å². The third-order valence-corrected chi connectivity index (χ3v) is 18.3. The zero-order valence-corrected chi connectivity index (χ0v) is 55.9. The minimum Gasteiger partial charge on any atom is -0.394 e. The summed E-state index contributed by atoms with van der Waals surface area (Å²) in [5.74, 6) is -0.693. The van der Waals surface area contributed by atoms with E-state index in [2.05, 4.69) is 43.5 Å². The lowest BCUT2D eigenvalue weighted by Gasteiger charge is -2.40. The molecule has 0 spiro atoms. The molecule has 0 aromatic heterocycles. The number of carbonyl (C=O) groups is 1. The summed E-state index contributed by atoms with van der Waals surface area (Å²) in [6.45, 7) is 3.52. The minimum absolute atomic E-state index is 0.258. The number of ether oxygens (including phenoxy) is 2. The van der Waals surface area contributed by atoms with Gasteiger partial charge in [-0.1, -0.05) is 353 Å². The fraction of sp³-hybridized carbons (Fsp3) is 0.932. The molecule has 1 amide bonds. The van der Waals surface area contributed by atoms with Gasteiger partial charge >= 0.3 is 0 Å². The molecule has 0 aliphatic carbocycles. The van der Waals surface area contributed by atoms with Crippen LogP contribution in [-0.4, -0.2) is 110 Å². The smallest absolute Gasteiger partial charge is 0.249 e. The molecule has 0 bridgehead atoms. The first-order chi connectivity index (χ1) is 41.7. The van der Waals surface area contributed by atoms with Gasteiger partial charge in [0.15, 0.2) is 6.29 Å². The third kappa shape index (κ3) is 50.0. The summed E-state index contributed by atoms with van der Waals surface area (Å²) in [5, 5.41) is 76.6. The number of rotatable bonds is 66. The molecule has 504 valence electrons. The molecule has 1 heterocycles. The molecular weight excluding hydrogens is 1060 g/mol. The van der Waals surface area contributed by atoms with Crippen LogP contribution in [0.2, 0.25) is 0 Å². The monoisotopic (exact) mass is 1210 g/mol. The molecule has 8 N–H and O–H groups in total. The van der Waals surface area contributed by atoms with Crippen molar-refractivity contribution in [3.05, 3.63) is 24.3 Å². The highest BCUT2D eigenvalue weighted by Gasteiger charge is 2.44. The van der Waals surface area contributed by atoms with Gasteiger partial charge in [-0.05, 0) is 44.9 Å². The van der Waals surface area contributed by atoms with Crippen molar-refractivity contribution < 1.29 is 50.0 Å². The Hall–Kier alpha value is -1.41. The summed E-state index contributed by atoms with van der Waals surface area (Å²) in [4.78, 5) is 13.3. The lowest BCUT2D eigenvalue weighted by molar-refractivity contribution is -0.303. The Morgan fingerprint density at radius 1 is 0.412 bits per heavy atom. The van der Waals surface area contributed by atoms with Crippen LogP contribution in [0.25, 0.3) is 0 Å². The summed E-state index contributed by atoms with van der Waals surface area (Å²) < 4.78 is 11.2. The van der Waals surface area contributed by atoms with Crippen LogP contribution >= 0.6 is 0 Å². The van der Waals surface area contributed by atoms with E-state index >= 15 is 0 Å². The van der Waals surface area contributed by atoms with Gasteiger partial charge in [0.05, 0.1) is 25.4 Å². The van der Waals surface area contributed by atoms with Gasteiger partial charge in [-0.15, -0.1) is 0 Å². The molecule has 1 aliphatic heterocycles. The van der Waals surface area contributed by atoms with Crippen molar-refractivity contribution in [3.8, 4) is 0 Å². The molecule has 1 aliphatic rings. The predicted octanol–water partition coefficient (Wildman–Crippen LogP) is 18.4. The fourth-order valence-corrected chi connectivity index (χ4v) is 12.3. The summed E-state index contributed by atoms with van der Waals surface area (Å²) in [5.41, 5.74) is 0. The minimum atomic E-state index is -1.66. The van der Waals surface area contributed by atoms with Crippen molar-refractivity contribution in [2.24, 2.45) is 0 Å². The zero-order valence-electron chi connectivity index (χ0n) is 55.9. The lowest BCUT2D eigenvalue weighted by Crippen LogP contribution is -2.60. The highest BCUT2D eigenvalue weighted by atomic mass is 16.7. The van der Waals surface area contributed by atoms with E-state index in [4.69, 9.17) is 9.47 Å². The van der Waals surface area contributed by atoms with Crippen LogP contribution in [0.15, 0.2) is 24.3 Å². The first-order valence-electron chi connectivity index (χ1n) is 37.2. The summed E-state index contributed by atoms with van der Waals surface area (Å²) in [6.07, 6.45) is 68.4. The van der Waals surface area contributed by atoms with E-state index in [1.54, 1.807) is 0 Å². The number of amides is 1. The second-order valence-corrected chi connectivity index (χ2v) is 26.4. The number of hydrogen-bond acceptors (Lipinski definition) is 10. The predicted molar refractivity (Wildman–Crippen MR) is 358 cm³/mol. The Morgan fingerprint density at radius 3 is 1.05 bits per heavy atom. The second-order valence-electron chi connectivity index (χ2n) is 26.4. The normalized spacial score (nSPS) is 18.9. The number of allylic oxidation sites excluding steroid dienone is 4. The van der Waals surface area contributed by atoms with E-state index in [0.29, 0.717) is 19.3 Å². The molecule has 11 heteroatoms. The molecule has 1 saturated heterocycles. The van der Waals surface area contributed by atoms with Crippen LogP contribution in [0.1, 0.15) is 373 Å². The van der Waals surface area contributed by atoms with Crippen molar-refractivity contribution >= 4 is 5.91 Å². The second kappa shape index (κ2) is 62.8. The van der Waals surface area contributed by atoms with Gasteiger partial charge in [0.1, 0.15) is 36.6 Å². The third-order valence-electron chi connectivity index (χ3n) is 18.3. The molecule has 1 rings (SSSR count). The van der Waals surface area contributed by atoms with E-state index in [-0.39, 0.29) is 6.42 Å². The van der Waals surface area contributed by atoms with Crippen LogP contribution in [0.4, 0.5) is 0 Å². The maximum atomic E-state index is 13.3. The van der Waals surface area contributed by atoms with Crippen LogP contribution in [-0.2, 0) is 14.3 Å². The molecule has 0 aromatic rings. The number of aliphatic hydroxyl groups excluding tert-OH is 7. The molecule has 0 radical (unpaired) electrons. The number of hydrogen-bond donors (Lipinski definition) is 8. The first kappa shape index (κ1) is 81.6. The van der Waals surface area contributed by atoms with E-state index in [1.807, 2.05) is 0 Å². The van der Waals surface area contributed by atoms with Gasteiger partial charge in [0.2, 0.25) is 5.91 Å². The Kier molecular flexibility index (Phi) is 60.3. The topological polar surface area (TPSA) is 189 Å². The van der Waals surface area contributed by atoms with Crippen molar-refractivity contribution in [1.29, 1.82) is 0 Å². The largest absolute Gasteiger partial charge is 0.394 e. The number of unbranched alkanes of at least 4 members (excludes halogenated alkanes) is 50. The quantitative estimate of drug-likeness (QED) is 0.0215. The van der Waals surface area contributed by atoms with E-state index in [9.17, 15) is 40.5 Å². The van der Waals surface area contributed by atoms with Crippen molar-refractivity contribution in [2.75, 3.05) is 13.2 Å². The molecule has 9 atom stereocenters. The van der Waals surface area contributed by atoms with Crippen LogP contribution < -0.4 is 5.32 Å². The van der Waals surface area contributed by atoms with Crippen LogP contribution in [0.5, 0.6) is 0 Å². The summed E-state index contributed by atoms with van der Waals surface area (Å²) in [6, 6.07) is -1.17. The van der Waals surface area contributed by atoms with Crippen LogP contribution in [0, 0.1) is 0 Å². The highest BCUT2D eigenvalue weighted by Crippen LogP contribution is 2.24. The SMILES string of the molecule is CCCCCCCCCCC/C=C\C/C=C\CCCCCCCCCCCCC(O)C(=O)NC(COC1OC(CO)C(O)C(O)C1O)C(O)C(O)CCCCCCCCCCCCCCCCCCCCCCCCCCCCCCCCCC. The number of nitrogens with one attached hydrogen (secondary N) is 1. The van der Waals surface area contributed by atoms with Gasteiger partial charge in [-0.2, -0.15) is 0 Å². The van der Waals surface area contributed by atoms with E-state index in [1.165, 1.54) is 283 Å². The molecule has 0 saturated carbocycles. The van der Waals surface area contributed by atoms with Gasteiger partial charge in [0.25, 0.3) is 0 Å². The van der Waals surface area contributed by atoms with E-state index in [0.717, 1.165) is 51.4 Å². The summed E-state index contributed by atoms with van der Waals surface area (Å²) in [7, 11) is 0. The van der Waals surface area contributed by atoms with Crippen molar-refractivity contribution in [3.63, 3.8) is 0 Å². The van der Waals surface area contributed by atoms with Crippen molar-refractivity contribution in [2.45, 2.75) is 428 Å². The molecule has 85 heavy (non-hydrogen) atoms. The van der Waals surface area contributed by atoms with Gasteiger partial charge in [0, 0.05) is 0 Å². The molecule has 11 nitrogen and oxygen atoms in total. The standard InChI is InChI=1S/C74H143NO10/c1-3-5-7-9-11-13-15-17-19-21-23-25-27-29-31-32-33-34-35-36-38-39-41-43-45-47-49-51-53-55-57-59-61-66(77)69(79)65(64-84-74-72(82)71(81)70(80)68(63-76)85-74)75-73(83)67(78)62-60-58-56-54-52-50-48-46-44-42-40-37-30-28-26-24-22-20-18-16-14-12-10-8-6-4-2/h24,26,30,37,65-72,74,76-82H,3-23,25,27-29,31-36,38-64H2,1-2H3,(H,75,83)/b26-24-,37-30-. The Bertz CT molecular complexity index is 1430. The maximum Gasteiger partial charge on any atom is 0.249 e. The van der Waals surface area contributed by atoms with E-state index < -0.39 is 74.2 Å². The van der Waals surface area contributed by atoms with Gasteiger partial charge < -0.3 is 50.5 Å². The zero-order chi connectivity index (χ0) is 61.7. The first-order valence-corrected chi connectivity index (χ1v) is 37.2. The Morgan fingerprint density at radius 2 is 0.718 bits per heavy atom. The fourth-order valence-electron chi connectivity index (χ4n) is 12.3. The number of carbonyl (C=O) groups excluding carboxylic acids is 1. The molecule has 9 unspecified atom stereocenters. The molecular formula is C74H143NO10. The van der Waals surface area contributed by atoms with Gasteiger partial charge in [-0.3, -0.25) is 4.79 Å². The molecule has 0 aromatic carbocycles. The summed E-state index contributed by atoms with van der Waals surface area (Å²) >= 11 is 0. The van der Waals surface area contributed by atoms with Crippen LogP contribution in [0.3, 0.4) is 0 Å². The Balaban J connectivity index is 2.17. The van der Waals surface area contributed by atoms with Gasteiger partial charge in [-0.25, -0.2) is 0 Å². The highest BCUT2D eigenvalue weighted by molar-refractivity contribution is 5.80. The van der Waals surface area contributed by atoms with Crippen molar-refractivity contribution in [1.82, 2.24) is 5.32 Å². The average Bonchev–Trinajstić information content (AvgIpc) is 3.66. The maximum absolute atomic E-state index is 13.3. The lowest BCUT2D eigenvalue weighted by atomic mass is 9.98. The average molecular weight is 1210 g/mol.